The summed E-state index contributed by atoms with van der Waals surface area (Å²) in [4.78, 5) is 0. The summed E-state index contributed by atoms with van der Waals surface area (Å²) >= 11 is 3.29. The molecule has 0 aliphatic carbocycles. The lowest BCUT2D eigenvalue weighted by atomic mass is 10.3. The molecule has 4 heteroatoms. The van der Waals surface area contributed by atoms with Crippen LogP contribution in [0.5, 0.6) is 0 Å². The fourth-order valence-electron chi connectivity index (χ4n) is 1.14. The van der Waals surface area contributed by atoms with E-state index in [2.05, 4.69) is 28.2 Å². The molecule has 1 aromatic carbocycles. The third-order valence-corrected chi connectivity index (χ3v) is 2.50. The summed E-state index contributed by atoms with van der Waals surface area (Å²) < 4.78 is 18.8. The number of hydrogen-bond donors (Lipinski definition) is 1. The molecule has 0 amide bonds. The second-order valence-electron chi connectivity index (χ2n) is 3.16. The molecule has 0 saturated heterocycles. The molecule has 0 bridgehead atoms. The molecule has 0 atom stereocenters. The van der Waals surface area contributed by atoms with Gasteiger partial charge in [-0.1, -0.05) is 6.92 Å². The first kappa shape index (κ1) is 12.5. The van der Waals surface area contributed by atoms with E-state index in [-0.39, 0.29) is 5.82 Å². The third-order valence-electron chi connectivity index (χ3n) is 1.84. The molecule has 0 aliphatic heterocycles. The highest BCUT2D eigenvalue weighted by Crippen LogP contribution is 2.22. The second kappa shape index (κ2) is 6.80. The van der Waals surface area contributed by atoms with Crippen molar-refractivity contribution in [2.24, 2.45) is 0 Å². The molecule has 1 rings (SSSR count). The van der Waals surface area contributed by atoms with Gasteiger partial charge in [-0.15, -0.1) is 0 Å². The van der Waals surface area contributed by atoms with E-state index in [1.807, 2.05) is 0 Å². The Labute approximate surface area is 98.0 Å². The highest BCUT2D eigenvalue weighted by Gasteiger charge is 1.99. The van der Waals surface area contributed by atoms with Crippen LogP contribution >= 0.6 is 15.9 Å². The number of nitrogens with one attached hydrogen (secondary N) is 1. The summed E-state index contributed by atoms with van der Waals surface area (Å²) in [5, 5.41) is 3.16. The van der Waals surface area contributed by atoms with E-state index in [1.54, 1.807) is 6.07 Å². The van der Waals surface area contributed by atoms with Crippen LogP contribution in [0.15, 0.2) is 22.7 Å². The number of benzene rings is 1. The van der Waals surface area contributed by atoms with E-state index >= 15 is 0 Å². The average molecular weight is 276 g/mol. The van der Waals surface area contributed by atoms with Crippen LogP contribution in [0.25, 0.3) is 0 Å². The molecule has 0 aromatic heterocycles. The van der Waals surface area contributed by atoms with E-state index in [1.165, 1.54) is 12.1 Å². The molecule has 0 radical (unpaired) electrons. The molecular formula is C11H15BrFNO. The molecule has 0 aliphatic rings. The number of anilines is 1. The molecule has 0 saturated carbocycles. The van der Waals surface area contributed by atoms with Gasteiger partial charge in [0, 0.05) is 23.3 Å². The summed E-state index contributed by atoms with van der Waals surface area (Å²) in [6.45, 7) is 4.25. The topological polar surface area (TPSA) is 21.3 Å². The van der Waals surface area contributed by atoms with Crippen LogP contribution in [0.3, 0.4) is 0 Å². The lowest BCUT2D eigenvalue weighted by molar-refractivity contribution is 0.144. The lowest BCUT2D eigenvalue weighted by Gasteiger charge is -2.08. The summed E-state index contributed by atoms with van der Waals surface area (Å²) in [6.07, 6.45) is 1.03. The zero-order valence-corrected chi connectivity index (χ0v) is 10.3. The minimum absolute atomic E-state index is 0.241. The summed E-state index contributed by atoms with van der Waals surface area (Å²) in [5.41, 5.74) is 0.886. The van der Waals surface area contributed by atoms with Crippen molar-refractivity contribution >= 4 is 21.6 Å². The van der Waals surface area contributed by atoms with Crippen LogP contribution < -0.4 is 5.32 Å². The number of halogens is 2. The van der Waals surface area contributed by atoms with Crippen LogP contribution in [0, 0.1) is 5.82 Å². The molecule has 0 unspecified atom stereocenters. The average Bonchev–Trinajstić information content (AvgIpc) is 2.20. The monoisotopic (exact) mass is 275 g/mol. The van der Waals surface area contributed by atoms with Crippen molar-refractivity contribution in [3.63, 3.8) is 0 Å². The van der Waals surface area contributed by atoms with Crippen LogP contribution in [0.4, 0.5) is 10.1 Å². The largest absolute Gasteiger partial charge is 0.382 e. The van der Waals surface area contributed by atoms with Gasteiger partial charge in [0.25, 0.3) is 0 Å². The molecule has 2 nitrogen and oxygen atoms in total. The molecule has 1 N–H and O–H groups in total. The van der Waals surface area contributed by atoms with Crippen molar-refractivity contribution in [3.8, 4) is 0 Å². The maximum atomic E-state index is 12.8. The fourth-order valence-corrected chi connectivity index (χ4v) is 1.63. The Bertz CT molecular complexity index is 307. The Morgan fingerprint density at radius 2 is 2.20 bits per heavy atom. The lowest BCUT2D eigenvalue weighted by Crippen LogP contribution is -2.10. The van der Waals surface area contributed by atoms with Crippen molar-refractivity contribution in [2.45, 2.75) is 13.3 Å². The molecular weight excluding hydrogens is 261 g/mol. The van der Waals surface area contributed by atoms with E-state index in [4.69, 9.17) is 4.74 Å². The number of hydrogen-bond acceptors (Lipinski definition) is 2. The predicted octanol–water partition coefficient (Wildman–Crippen LogP) is 3.43. The normalized spacial score (nSPS) is 10.3. The highest BCUT2D eigenvalue weighted by atomic mass is 79.9. The van der Waals surface area contributed by atoms with Crippen LogP contribution in [-0.4, -0.2) is 19.8 Å². The number of rotatable bonds is 6. The molecule has 0 spiro atoms. The van der Waals surface area contributed by atoms with Gasteiger partial charge in [0.15, 0.2) is 0 Å². The van der Waals surface area contributed by atoms with E-state index in [0.29, 0.717) is 6.61 Å². The van der Waals surface area contributed by atoms with Crippen molar-refractivity contribution in [1.29, 1.82) is 0 Å². The van der Waals surface area contributed by atoms with Gasteiger partial charge in [0.2, 0.25) is 0 Å². The maximum absolute atomic E-state index is 12.8. The molecule has 84 valence electrons. The third kappa shape index (κ3) is 4.62. The minimum atomic E-state index is -0.241. The van der Waals surface area contributed by atoms with Crippen molar-refractivity contribution in [3.05, 3.63) is 28.5 Å². The van der Waals surface area contributed by atoms with Crippen LogP contribution in [0.1, 0.15) is 13.3 Å². The van der Waals surface area contributed by atoms with Crippen molar-refractivity contribution < 1.29 is 9.13 Å². The van der Waals surface area contributed by atoms with Crippen LogP contribution in [-0.2, 0) is 4.74 Å². The standard InChI is InChI=1S/C11H15BrFNO/c1-2-6-15-7-5-14-11-4-3-9(13)8-10(11)12/h3-4,8,14H,2,5-7H2,1H3. The second-order valence-corrected chi connectivity index (χ2v) is 4.02. The van der Waals surface area contributed by atoms with Crippen LogP contribution in [0.2, 0.25) is 0 Å². The molecule has 15 heavy (non-hydrogen) atoms. The number of ether oxygens (including phenoxy) is 1. The maximum Gasteiger partial charge on any atom is 0.124 e. The zero-order chi connectivity index (χ0) is 11.1. The van der Waals surface area contributed by atoms with E-state index < -0.39 is 0 Å². The summed E-state index contributed by atoms with van der Waals surface area (Å²) in [6, 6.07) is 4.58. The first-order valence-electron chi connectivity index (χ1n) is 5.00. The Hall–Kier alpha value is -0.610. The summed E-state index contributed by atoms with van der Waals surface area (Å²) in [5.74, 6) is -0.241. The van der Waals surface area contributed by atoms with Crippen molar-refractivity contribution in [2.75, 3.05) is 25.1 Å². The highest BCUT2D eigenvalue weighted by molar-refractivity contribution is 9.10. The SMILES string of the molecule is CCCOCCNc1ccc(F)cc1Br. The zero-order valence-electron chi connectivity index (χ0n) is 8.72. The van der Waals surface area contributed by atoms with E-state index in [9.17, 15) is 4.39 Å². The Morgan fingerprint density at radius 3 is 2.87 bits per heavy atom. The minimum Gasteiger partial charge on any atom is -0.382 e. The van der Waals surface area contributed by atoms with Gasteiger partial charge in [-0.05, 0) is 40.5 Å². The first-order valence-corrected chi connectivity index (χ1v) is 5.80. The Kier molecular flexibility index (Phi) is 5.65. The predicted molar refractivity (Wildman–Crippen MR) is 63.7 cm³/mol. The van der Waals surface area contributed by atoms with Gasteiger partial charge in [-0.2, -0.15) is 0 Å². The van der Waals surface area contributed by atoms with Gasteiger partial charge in [-0.25, -0.2) is 4.39 Å². The fraction of sp³-hybridized carbons (Fsp3) is 0.455. The first-order chi connectivity index (χ1) is 7.24. The van der Waals surface area contributed by atoms with Gasteiger partial charge >= 0.3 is 0 Å². The van der Waals surface area contributed by atoms with Gasteiger partial charge in [0.05, 0.1) is 6.61 Å². The molecule has 0 heterocycles. The smallest absolute Gasteiger partial charge is 0.124 e. The van der Waals surface area contributed by atoms with Gasteiger partial charge in [-0.3, -0.25) is 0 Å². The Balaban J connectivity index is 2.31. The quantitative estimate of drug-likeness (QED) is 0.804. The summed E-state index contributed by atoms with van der Waals surface area (Å²) in [7, 11) is 0. The Morgan fingerprint density at radius 1 is 1.40 bits per heavy atom. The van der Waals surface area contributed by atoms with Crippen molar-refractivity contribution in [1.82, 2.24) is 0 Å². The molecule has 1 aromatic rings. The van der Waals surface area contributed by atoms with Gasteiger partial charge < -0.3 is 10.1 Å². The van der Waals surface area contributed by atoms with E-state index in [0.717, 1.165) is 29.7 Å². The van der Waals surface area contributed by atoms with Gasteiger partial charge in [0.1, 0.15) is 5.82 Å². The molecule has 0 fully saturated rings.